The van der Waals surface area contributed by atoms with Gasteiger partial charge in [-0.1, -0.05) is 0 Å². The Labute approximate surface area is 107 Å². The second-order valence-corrected chi connectivity index (χ2v) is 5.64. The number of hydrogen-bond donors (Lipinski definition) is 2. The van der Waals surface area contributed by atoms with Crippen molar-refractivity contribution in [2.75, 3.05) is 10.5 Å². The number of anilines is 1. The molecule has 0 aromatic heterocycles. The maximum atomic E-state index is 12.7. The Morgan fingerprint density at radius 2 is 1.89 bits per heavy atom. The smallest absolute Gasteiger partial charge is 0.389 e. The zero-order valence-electron chi connectivity index (χ0n) is 9.54. The number of hydrogen-bond acceptors (Lipinski definition) is 3. The highest BCUT2D eigenvalue weighted by Crippen LogP contribution is 2.25. The van der Waals surface area contributed by atoms with Gasteiger partial charge in [-0.3, -0.25) is 4.72 Å². The third kappa shape index (κ3) is 5.77. The summed E-state index contributed by atoms with van der Waals surface area (Å²) >= 11 is 0. The summed E-state index contributed by atoms with van der Waals surface area (Å²) in [7, 11) is -4.02. The molecule has 2 N–H and O–H groups in total. The highest BCUT2D eigenvalue weighted by Gasteiger charge is 2.27. The fourth-order valence-electron chi connectivity index (χ4n) is 1.27. The van der Waals surface area contributed by atoms with E-state index in [1.54, 1.807) is 0 Å². The molecular weight excluding hydrogens is 290 g/mol. The Kier molecular flexibility index (Phi) is 4.61. The van der Waals surface area contributed by atoms with Crippen LogP contribution in [0.15, 0.2) is 18.2 Å². The summed E-state index contributed by atoms with van der Waals surface area (Å²) in [5.74, 6) is -2.15. The highest BCUT2D eigenvalue weighted by molar-refractivity contribution is 7.92. The van der Waals surface area contributed by atoms with Crippen LogP contribution in [0.25, 0.3) is 0 Å². The fourth-order valence-corrected chi connectivity index (χ4v) is 2.41. The number of phenolic OH excluding ortho intramolecular Hbond substituents is 1. The molecule has 0 unspecified atom stereocenters. The number of nitrogens with one attached hydrogen (secondary N) is 1. The zero-order valence-corrected chi connectivity index (χ0v) is 10.4. The molecule has 4 nitrogen and oxygen atoms in total. The summed E-state index contributed by atoms with van der Waals surface area (Å²) in [6.45, 7) is 0. The van der Waals surface area contributed by atoms with E-state index >= 15 is 0 Å². The van der Waals surface area contributed by atoms with Gasteiger partial charge in [-0.05, 0) is 18.6 Å². The SMILES string of the molecule is O=S(=O)(CCCC(F)(F)F)Nc1ccc(F)cc1O. The van der Waals surface area contributed by atoms with Gasteiger partial charge in [0.15, 0.2) is 0 Å². The minimum Gasteiger partial charge on any atom is -0.506 e. The number of benzene rings is 1. The molecule has 0 spiro atoms. The zero-order chi connectivity index (χ0) is 14.7. The van der Waals surface area contributed by atoms with Crippen molar-refractivity contribution in [3.63, 3.8) is 0 Å². The van der Waals surface area contributed by atoms with Gasteiger partial charge >= 0.3 is 6.18 Å². The minimum atomic E-state index is -4.42. The van der Waals surface area contributed by atoms with Gasteiger partial charge in [-0.25, -0.2) is 12.8 Å². The monoisotopic (exact) mass is 301 g/mol. The first kappa shape index (κ1) is 15.5. The van der Waals surface area contributed by atoms with E-state index in [0.717, 1.165) is 12.1 Å². The van der Waals surface area contributed by atoms with Crippen molar-refractivity contribution in [1.29, 1.82) is 0 Å². The van der Waals surface area contributed by atoms with Crippen molar-refractivity contribution in [3.8, 4) is 5.75 Å². The maximum Gasteiger partial charge on any atom is 0.389 e. The van der Waals surface area contributed by atoms with Crippen molar-refractivity contribution in [2.45, 2.75) is 19.0 Å². The Balaban J connectivity index is 2.64. The van der Waals surface area contributed by atoms with Crippen molar-refractivity contribution in [3.05, 3.63) is 24.0 Å². The third-order valence-electron chi connectivity index (χ3n) is 2.10. The lowest BCUT2D eigenvalue weighted by atomic mass is 10.3. The molecule has 0 aliphatic carbocycles. The van der Waals surface area contributed by atoms with E-state index in [4.69, 9.17) is 0 Å². The van der Waals surface area contributed by atoms with Crippen molar-refractivity contribution in [2.24, 2.45) is 0 Å². The molecule has 0 fully saturated rings. The van der Waals surface area contributed by atoms with Crippen LogP contribution in [0.1, 0.15) is 12.8 Å². The molecule has 0 aliphatic heterocycles. The van der Waals surface area contributed by atoms with E-state index in [2.05, 4.69) is 0 Å². The molecule has 0 bridgehead atoms. The van der Waals surface area contributed by atoms with E-state index in [0.29, 0.717) is 6.07 Å². The Bertz CT molecular complexity index is 542. The molecule has 1 aromatic rings. The van der Waals surface area contributed by atoms with E-state index < -0.39 is 46.4 Å². The number of sulfonamides is 1. The number of aromatic hydroxyl groups is 1. The number of rotatable bonds is 5. The van der Waals surface area contributed by atoms with E-state index in [1.165, 1.54) is 0 Å². The Morgan fingerprint density at radius 1 is 1.26 bits per heavy atom. The summed E-state index contributed by atoms with van der Waals surface area (Å²) in [6.07, 6.45) is -6.24. The van der Waals surface area contributed by atoms with Crippen LogP contribution in [-0.2, 0) is 10.0 Å². The van der Waals surface area contributed by atoms with Gasteiger partial charge in [0.1, 0.15) is 11.6 Å². The molecule has 0 radical (unpaired) electrons. The molecule has 108 valence electrons. The van der Waals surface area contributed by atoms with Gasteiger partial charge in [0, 0.05) is 12.5 Å². The third-order valence-corrected chi connectivity index (χ3v) is 3.46. The molecule has 0 saturated carbocycles. The molecule has 0 aliphatic rings. The summed E-state index contributed by atoms with van der Waals surface area (Å²) in [4.78, 5) is 0. The minimum absolute atomic E-state index is 0.284. The Hall–Kier alpha value is -1.51. The normalized spacial score (nSPS) is 12.4. The second kappa shape index (κ2) is 5.64. The Morgan fingerprint density at radius 3 is 2.42 bits per heavy atom. The standard InChI is InChI=1S/C10H11F4NO3S/c11-7-2-3-8(9(16)6-7)15-19(17,18)5-1-4-10(12,13)14/h2-3,6,15-16H,1,4-5H2. The molecule has 1 rings (SSSR count). The first-order valence-corrected chi connectivity index (χ1v) is 6.80. The number of phenols is 1. The molecule has 0 heterocycles. The fraction of sp³-hybridized carbons (Fsp3) is 0.400. The van der Waals surface area contributed by atoms with Crippen molar-refractivity contribution < 1.29 is 31.1 Å². The topological polar surface area (TPSA) is 66.4 Å². The lowest BCUT2D eigenvalue weighted by Gasteiger charge is -2.10. The first-order valence-electron chi connectivity index (χ1n) is 5.15. The lowest BCUT2D eigenvalue weighted by molar-refractivity contribution is -0.134. The quantitative estimate of drug-likeness (QED) is 0.649. The van der Waals surface area contributed by atoms with Gasteiger partial charge in [0.05, 0.1) is 11.4 Å². The van der Waals surface area contributed by atoms with Crippen molar-refractivity contribution in [1.82, 2.24) is 0 Å². The average molecular weight is 301 g/mol. The highest BCUT2D eigenvalue weighted by atomic mass is 32.2. The average Bonchev–Trinajstić information content (AvgIpc) is 2.20. The van der Waals surface area contributed by atoms with Crippen LogP contribution < -0.4 is 4.72 Å². The van der Waals surface area contributed by atoms with Crippen LogP contribution in [0.5, 0.6) is 5.75 Å². The van der Waals surface area contributed by atoms with Gasteiger partial charge in [0.2, 0.25) is 10.0 Å². The van der Waals surface area contributed by atoms with Crippen LogP contribution in [0, 0.1) is 5.82 Å². The summed E-state index contributed by atoms with van der Waals surface area (Å²) in [5, 5.41) is 9.26. The molecule has 0 saturated heterocycles. The summed E-state index contributed by atoms with van der Waals surface area (Å²) in [5.41, 5.74) is -0.284. The van der Waals surface area contributed by atoms with Crippen LogP contribution in [0.4, 0.5) is 23.2 Å². The van der Waals surface area contributed by atoms with Gasteiger partial charge < -0.3 is 5.11 Å². The van der Waals surface area contributed by atoms with Crippen LogP contribution in [0.2, 0.25) is 0 Å². The van der Waals surface area contributed by atoms with Crippen LogP contribution in [-0.4, -0.2) is 25.5 Å². The first-order chi connectivity index (χ1) is 8.59. The predicted molar refractivity (Wildman–Crippen MR) is 60.8 cm³/mol. The van der Waals surface area contributed by atoms with E-state index in [9.17, 15) is 31.1 Å². The second-order valence-electron chi connectivity index (χ2n) is 3.80. The molecule has 1 aromatic carbocycles. The largest absolute Gasteiger partial charge is 0.506 e. The molecule has 9 heteroatoms. The summed E-state index contributed by atoms with van der Waals surface area (Å²) in [6, 6.07) is 2.58. The van der Waals surface area contributed by atoms with Gasteiger partial charge in [-0.2, -0.15) is 13.2 Å². The summed E-state index contributed by atoms with van der Waals surface area (Å²) < 4.78 is 73.0. The van der Waals surface area contributed by atoms with E-state index in [1.807, 2.05) is 4.72 Å². The van der Waals surface area contributed by atoms with E-state index in [-0.39, 0.29) is 5.69 Å². The van der Waals surface area contributed by atoms with Crippen LogP contribution >= 0.6 is 0 Å². The predicted octanol–water partition coefficient (Wildman–Crippen LogP) is 2.62. The molecule has 19 heavy (non-hydrogen) atoms. The molecule has 0 atom stereocenters. The van der Waals surface area contributed by atoms with Crippen molar-refractivity contribution >= 4 is 15.7 Å². The lowest BCUT2D eigenvalue weighted by Crippen LogP contribution is -2.19. The van der Waals surface area contributed by atoms with Crippen LogP contribution in [0.3, 0.4) is 0 Å². The van der Waals surface area contributed by atoms with Gasteiger partial charge in [0.25, 0.3) is 0 Å². The molecule has 0 amide bonds. The van der Waals surface area contributed by atoms with Gasteiger partial charge in [-0.15, -0.1) is 0 Å². The maximum absolute atomic E-state index is 12.7. The molecular formula is C10H11F4NO3S. The number of alkyl halides is 3. The number of halogens is 4.